The number of nitrogens with zero attached hydrogens (tertiary/aromatic N) is 3. The van der Waals surface area contributed by atoms with Crippen molar-refractivity contribution < 1.29 is 9.59 Å². The summed E-state index contributed by atoms with van der Waals surface area (Å²) in [4.78, 5) is 37.5. The molecule has 0 radical (unpaired) electrons. The summed E-state index contributed by atoms with van der Waals surface area (Å²) in [6.07, 6.45) is 7.18. The monoisotopic (exact) mass is 466 g/mol. The van der Waals surface area contributed by atoms with E-state index in [4.69, 9.17) is 0 Å². The average Bonchev–Trinajstić information content (AvgIpc) is 3.44. The van der Waals surface area contributed by atoms with E-state index in [9.17, 15) is 9.59 Å². The first-order chi connectivity index (χ1) is 15.5. The van der Waals surface area contributed by atoms with Crippen molar-refractivity contribution in [2.75, 3.05) is 6.54 Å². The van der Waals surface area contributed by atoms with Gasteiger partial charge in [0.2, 0.25) is 0 Å². The number of hydrogen-bond acceptors (Lipinski definition) is 6. The van der Waals surface area contributed by atoms with E-state index >= 15 is 0 Å². The van der Waals surface area contributed by atoms with Gasteiger partial charge in [0.1, 0.15) is 5.69 Å². The third-order valence-corrected chi connectivity index (χ3v) is 8.29. The van der Waals surface area contributed by atoms with Crippen LogP contribution in [0.4, 0.5) is 0 Å². The second-order valence-corrected chi connectivity index (χ2v) is 10.5. The highest BCUT2D eigenvalue weighted by Gasteiger charge is 2.28. The molecule has 0 saturated heterocycles. The van der Waals surface area contributed by atoms with Crippen molar-refractivity contribution in [1.29, 1.82) is 0 Å². The van der Waals surface area contributed by atoms with Crippen molar-refractivity contribution in [3.63, 3.8) is 0 Å². The molecule has 32 heavy (non-hydrogen) atoms. The second-order valence-electron chi connectivity index (χ2n) is 8.51. The summed E-state index contributed by atoms with van der Waals surface area (Å²) in [7, 11) is 0. The molecule has 8 heteroatoms. The Morgan fingerprint density at radius 2 is 1.91 bits per heavy atom. The molecule has 1 aliphatic carbocycles. The number of fused-ring (bicyclic) bond motifs is 2. The molecule has 1 N–H and O–H groups in total. The lowest BCUT2D eigenvalue weighted by molar-refractivity contribution is 0.0737. The molecule has 2 amide bonds. The molecule has 3 aromatic heterocycles. The summed E-state index contributed by atoms with van der Waals surface area (Å²) in [5.74, 6) is -0.0143. The van der Waals surface area contributed by atoms with Crippen LogP contribution < -0.4 is 5.32 Å². The van der Waals surface area contributed by atoms with Crippen LogP contribution in [0.5, 0.6) is 0 Å². The quantitative estimate of drug-likeness (QED) is 0.625. The lowest BCUT2D eigenvalue weighted by atomic mass is 9.92. The van der Waals surface area contributed by atoms with Gasteiger partial charge in [-0.05, 0) is 79.1 Å². The van der Waals surface area contributed by atoms with Crippen molar-refractivity contribution >= 4 is 34.5 Å². The third kappa shape index (κ3) is 3.97. The standard InChI is InChI=1S/C24H26N4O2S2/c1-14-20(10-26-23(29)21-13-31-15(2)27-21)18-7-8-28(11-17(18)9-25-14)24(30)22-19-6-4-3-5-16(19)12-32-22/h9,12-13H,3-8,10-11H2,1-2H3,(H,26,29). The molecule has 2 aliphatic rings. The van der Waals surface area contributed by atoms with Crippen LogP contribution in [0.1, 0.15) is 71.5 Å². The lowest BCUT2D eigenvalue weighted by Crippen LogP contribution is -2.37. The SMILES string of the molecule is Cc1nc(C(=O)NCc2c(C)ncc3c2CCN(C(=O)c2scc4c2CCCC4)C3)cs1. The van der Waals surface area contributed by atoms with E-state index in [1.807, 2.05) is 24.9 Å². The first-order valence-electron chi connectivity index (χ1n) is 11.1. The number of hydrogen-bond donors (Lipinski definition) is 1. The number of carbonyl (C=O) groups is 2. The number of aromatic nitrogens is 2. The molecule has 0 fully saturated rings. The third-order valence-electron chi connectivity index (χ3n) is 6.46. The predicted molar refractivity (Wildman–Crippen MR) is 126 cm³/mol. The molecule has 3 aromatic rings. The van der Waals surface area contributed by atoms with Gasteiger partial charge in [-0.1, -0.05) is 0 Å². The normalized spacial score (nSPS) is 15.2. The summed E-state index contributed by atoms with van der Waals surface area (Å²) >= 11 is 3.08. The van der Waals surface area contributed by atoms with Gasteiger partial charge in [-0.15, -0.1) is 22.7 Å². The second kappa shape index (κ2) is 8.75. The Balaban J connectivity index is 1.32. The van der Waals surface area contributed by atoms with Gasteiger partial charge in [-0.25, -0.2) is 4.98 Å². The van der Waals surface area contributed by atoms with Crippen LogP contribution in [0.2, 0.25) is 0 Å². The number of aryl methyl sites for hydroxylation is 3. The molecule has 0 spiro atoms. The number of nitrogens with one attached hydrogen (secondary N) is 1. The predicted octanol–water partition coefficient (Wildman–Crippen LogP) is 4.22. The Kier molecular flexibility index (Phi) is 5.82. The zero-order chi connectivity index (χ0) is 22.2. The van der Waals surface area contributed by atoms with E-state index in [2.05, 4.69) is 20.7 Å². The van der Waals surface area contributed by atoms with Crippen LogP contribution in [-0.4, -0.2) is 33.2 Å². The minimum Gasteiger partial charge on any atom is -0.347 e. The number of carbonyl (C=O) groups excluding carboxylic acids is 2. The van der Waals surface area contributed by atoms with Crippen LogP contribution in [-0.2, 0) is 32.4 Å². The largest absolute Gasteiger partial charge is 0.347 e. The minimum atomic E-state index is -0.165. The van der Waals surface area contributed by atoms with E-state index in [0.717, 1.165) is 46.0 Å². The van der Waals surface area contributed by atoms with Crippen molar-refractivity contribution in [1.82, 2.24) is 20.2 Å². The maximum Gasteiger partial charge on any atom is 0.271 e. The van der Waals surface area contributed by atoms with Crippen molar-refractivity contribution in [3.8, 4) is 0 Å². The molecule has 0 atom stereocenters. The molecule has 0 unspecified atom stereocenters. The number of rotatable bonds is 4. The molecule has 6 nitrogen and oxygen atoms in total. The molecule has 166 valence electrons. The summed E-state index contributed by atoms with van der Waals surface area (Å²) in [6, 6.07) is 0. The zero-order valence-corrected chi connectivity index (χ0v) is 20.0. The summed E-state index contributed by atoms with van der Waals surface area (Å²) < 4.78 is 0. The summed E-state index contributed by atoms with van der Waals surface area (Å²) in [5.41, 5.74) is 7.37. The minimum absolute atomic E-state index is 0.151. The number of thiophene rings is 1. The van der Waals surface area contributed by atoms with Gasteiger partial charge in [0, 0.05) is 36.9 Å². The Bertz CT molecular complexity index is 1200. The lowest BCUT2D eigenvalue weighted by Gasteiger charge is -2.30. The maximum atomic E-state index is 13.3. The first kappa shape index (κ1) is 21.3. The zero-order valence-electron chi connectivity index (χ0n) is 18.4. The molecule has 1 aliphatic heterocycles. The van der Waals surface area contributed by atoms with Gasteiger partial charge < -0.3 is 10.2 Å². The smallest absolute Gasteiger partial charge is 0.271 e. The summed E-state index contributed by atoms with van der Waals surface area (Å²) in [5, 5.41) is 7.83. The fourth-order valence-electron chi connectivity index (χ4n) is 4.70. The van der Waals surface area contributed by atoms with E-state index < -0.39 is 0 Å². The highest BCUT2D eigenvalue weighted by Crippen LogP contribution is 2.32. The van der Waals surface area contributed by atoms with Gasteiger partial charge >= 0.3 is 0 Å². The van der Waals surface area contributed by atoms with Crippen molar-refractivity contribution in [3.05, 3.63) is 66.0 Å². The number of pyridine rings is 1. The Morgan fingerprint density at radius 1 is 1.06 bits per heavy atom. The molecule has 5 rings (SSSR count). The van der Waals surface area contributed by atoms with Crippen LogP contribution in [0.3, 0.4) is 0 Å². The van der Waals surface area contributed by atoms with E-state index in [0.29, 0.717) is 25.3 Å². The highest BCUT2D eigenvalue weighted by molar-refractivity contribution is 7.12. The van der Waals surface area contributed by atoms with Gasteiger partial charge in [0.25, 0.3) is 11.8 Å². The number of amides is 2. The van der Waals surface area contributed by atoms with Gasteiger partial charge in [-0.3, -0.25) is 14.6 Å². The molecular weight excluding hydrogens is 440 g/mol. The van der Waals surface area contributed by atoms with Gasteiger partial charge in [0.05, 0.1) is 9.88 Å². The average molecular weight is 467 g/mol. The topological polar surface area (TPSA) is 75.2 Å². The molecule has 4 heterocycles. The Labute approximate surface area is 195 Å². The van der Waals surface area contributed by atoms with E-state index in [1.54, 1.807) is 16.7 Å². The maximum absolute atomic E-state index is 13.3. The van der Waals surface area contributed by atoms with Crippen LogP contribution in [0.15, 0.2) is 17.0 Å². The fraction of sp³-hybridized carbons (Fsp3) is 0.417. The van der Waals surface area contributed by atoms with Gasteiger partial charge in [0.15, 0.2) is 0 Å². The molecular formula is C24H26N4O2S2. The van der Waals surface area contributed by atoms with E-state index in [1.165, 1.54) is 40.9 Å². The van der Waals surface area contributed by atoms with Crippen LogP contribution in [0.25, 0.3) is 0 Å². The first-order valence-corrected chi connectivity index (χ1v) is 12.8. The van der Waals surface area contributed by atoms with Gasteiger partial charge in [-0.2, -0.15) is 0 Å². The Morgan fingerprint density at radius 3 is 2.72 bits per heavy atom. The van der Waals surface area contributed by atoms with Crippen LogP contribution in [0, 0.1) is 13.8 Å². The van der Waals surface area contributed by atoms with Crippen molar-refractivity contribution in [2.24, 2.45) is 0 Å². The summed E-state index contributed by atoms with van der Waals surface area (Å²) in [6.45, 7) is 5.55. The molecule has 0 saturated carbocycles. The molecule has 0 bridgehead atoms. The van der Waals surface area contributed by atoms with E-state index in [-0.39, 0.29) is 11.8 Å². The fourth-order valence-corrected chi connectivity index (χ4v) is 6.42. The van der Waals surface area contributed by atoms with Crippen molar-refractivity contribution in [2.45, 2.75) is 59.0 Å². The molecule has 0 aromatic carbocycles. The number of thiazole rings is 1. The van der Waals surface area contributed by atoms with Crippen LogP contribution >= 0.6 is 22.7 Å². The highest BCUT2D eigenvalue weighted by atomic mass is 32.1. The Hall–Kier alpha value is -2.58.